The van der Waals surface area contributed by atoms with Gasteiger partial charge in [0, 0.05) is 17.4 Å². The van der Waals surface area contributed by atoms with Gasteiger partial charge >= 0.3 is 52.1 Å². The van der Waals surface area contributed by atoms with Crippen molar-refractivity contribution in [3.05, 3.63) is 326 Å². The van der Waals surface area contributed by atoms with Crippen LogP contribution in [0.15, 0.2) is 241 Å². The predicted molar refractivity (Wildman–Crippen MR) is 302 cm³/mol. The van der Waals surface area contributed by atoms with Crippen molar-refractivity contribution in [1.82, 2.24) is 0 Å². The molecular formula is C68H50BF9O3Zr. The number of rotatable bonds is 6. The van der Waals surface area contributed by atoms with E-state index < -0.39 is 65.5 Å². The fraction of sp³-hybridized carbons (Fsp3) is 0.118. The number of allylic oxidation sites excluding steroid dienone is 15. The van der Waals surface area contributed by atoms with Crippen LogP contribution < -0.4 is 0 Å². The molecule has 7 aromatic rings. The Bertz CT molecular complexity index is 3630. The summed E-state index contributed by atoms with van der Waals surface area (Å²) in [4.78, 5) is 0. The third kappa shape index (κ3) is 13.7. The minimum Gasteiger partial charge on any atom is -0.402 e. The van der Waals surface area contributed by atoms with Gasteiger partial charge in [0.1, 0.15) is 0 Å². The minimum atomic E-state index is -5.67. The average molecular weight is 1190 g/mol. The van der Waals surface area contributed by atoms with Crippen molar-refractivity contribution in [3.63, 3.8) is 0 Å². The first kappa shape index (κ1) is 60.5. The van der Waals surface area contributed by atoms with E-state index >= 15 is 0 Å². The first-order chi connectivity index (χ1) is 38.7. The normalized spacial score (nSPS) is 17.3. The summed E-state index contributed by atoms with van der Waals surface area (Å²) in [6, 6.07) is 55.6. The van der Waals surface area contributed by atoms with E-state index in [9.17, 15) is 39.5 Å². The van der Waals surface area contributed by atoms with Gasteiger partial charge in [0.15, 0.2) is 0 Å². The third-order valence-electron chi connectivity index (χ3n) is 14.0. The molecule has 3 unspecified atom stereocenters. The Balaban J connectivity index is 0.000000166. The molecule has 82 heavy (non-hydrogen) atoms. The summed E-state index contributed by atoms with van der Waals surface area (Å²) < 4.78 is 127. The fourth-order valence-corrected chi connectivity index (χ4v) is 10.7. The molecule has 0 spiro atoms. The molecule has 3 atom stereocenters. The number of aryl methyl sites for hydroxylation is 2. The van der Waals surface area contributed by atoms with Gasteiger partial charge in [-0.1, -0.05) is 216 Å². The van der Waals surface area contributed by atoms with Crippen LogP contribution in [0.1, 0.15) is 90.1 Å². The molecule has 3 N–H and O–H groups in total. The minimum absolute atomic E-state index is 0. The zero-order valence-corrected chi connectivity index (χ0v) is 46.5. The molecule has 0 saturated carbocycles. The number of hydrogen-bond donors (Lipinski definition) is 3. The van der Waals surface area contributed by atoms with E-state index in [1.54, 1.807) is 43.4 Å². The van der Waals surface area contributed by atoms with E-state index in [0.717, 1.165) is 34.4 Å². The first-order valence-corrected chi connectivity index (χ1v) is 25.7. The second kappa shape index (κ2) is 25.7. The van der Waals surface area contributed by atoms with Gasteiger partial charge < -0.3 is 15.1 Å². The number of alkyl halides is 9. The van der Waals surface area contributed by atoms with Crippen LogP contribution in [0, 0.1) is 26.0 Å². The predicted octanol–water partition coefficient (Wildman–Crippen LogP) is 17.1. The van der Waals surface area contributed by atoms with Gasteiger partial charge in [0.25, 0.3) is 0 Å². The molecular weight excluding hydrogens is 1140 g/mol. The molecule has 0 heterocycles. The summed E-state index contributed by atoms with van der Waals surface area (Å²) in [6.45, 7) is 3.81. The van der Waals surface area contributed by atoms with Crippen LogP contribution in [0.5, 0.6) is 0 Å². The molecule has 5 aliphatic rings. The standard InChI is InChI=1S/C28H21.C26H15F9.C14H11.BH3O3.Zr/c1-5-13-23(14-6-1)21-27(25-17-9-3-10-18-25)28(26-19-11-4-12-20-26)22-24-15-7-2-8-16-24;1-12-9-10-14-13-5-2-3-6-15(13)19(17(14)11-12)21-16-7-4-8-18(24(27,28)29)20(16)22(25(30,31)32)23(21)26(33,34)35;1-10-6-7-14-12(8-10)9-11-4-2-3-5-13(11)14;2-1(3)4;/h1-21H;2-11,13,21H,1H3;2-8,13H,1H3;2-4H;/q-1;;-1;;+2. The Hall–Kier alpha value is -7.60. The largest absolute Gasteiger partial charge is 2.00 e. The zero-order valence-electron chi connectivity index (χ0n) is 44.0. The van der Waals surface area contributed by atoms with Crippen molar-refractivity contribution in [2.24, 2.45) is 0 Å². The molecule has 410 valence electrons. The summed E-state index contributed by atoms with van der Waals surface area (Å²) in [5.74, 6) is -2.12. The Morgan fingerprint density at radius 1 is 0.549 bits per heavy atom. The second-order valence-corrected chi connectivity index (χ2v) is 19.5. The maximum atomic E-state index is 14.4. The molecule has 0 bridgehead atoms. The molecule has 5 aliphatic carbocycles. The van der Waals surface area contributed by atoms with Crippen LogP contribution in [0.4, 0.5) is 39.5 Å². The summed E-state index contributed by atoms with van der Waals surface area (Å²) in [7, 11) is -2.17. The first-order valence-electron chi connectivity index (χ1n) is 25.7. The summed E-state index contributed by atoms with van der Waals surface area (Å²) in [5.41, 5.74) is 5.77. The SMILES string of the molecule is Cc1ccc2c(c1)C(C1C(C(F)(F)F)=C(C(F)(F)F)c3c1cccc3C(F)(F)F)=C1C=CC=CC12.Cc1ccc2c(c1)[C-]=C1C=CC=CC12.OB(O)O.[C-](=C(C(=Cc1ccccc1)c1ccccc1)c1ccccc1)c1ccccc1.[Zr+2]. The summed E-state index contributed by atoms with van der Waals surface area (Å²) >= 11 is 0. The molecule has 12 rings (SSSR count). The Kier molecular flexibility index (Phi) is 18.9. The van der Waals surface area contributed by atoms with E-state index in [-0.39, 0.29) is 31.8 Å². The van der Waals surface area contributed by atoms with E-state index in [0.29, 0.717) is 34.2 Å². The van der Waals surface area contributed by atoms with Gasteiger partial charge in [-0.05, 0) is 59.2 Å². The van der Waals surface area contributed by atoms with Crippen LogP contribution in [-0.4, -0.2) is 34.7 Å². The number of hydrogen-bond acceptors (Lipinski definition) is 3. The van der Waals surface area contributed by atoms with Gasteiger partial charge in [-0.3, -0.25) is 0 Å². The van der Waals surface area contributed by atoms with Gasteiger partial charge in [0.05, 0.1) is 16.7 Å². The van der Waals surface area contributed by atoms with Crippen molar-refractivity contribution in [1.29, 1.82) is 0 Å². The Morgan fingerprint density at radius 3 is 1.70 bits per heavy atom. The van der Waals surface area contributed by atoms with E-state index in [2.05, 4.69) is 159 Å². The molecule has 0 aromatic heterocycles. The Morgan fingerprint density at radius 2 is 1.10 bits per heavy atom. The van der Waals surface area contributed by atoms with Crippen molar-refractivity contribution in [2.45, 2.75) is 50.1 Å². The molecule has 0 radical (unpaired) electrons. The molecule has 0 amide bonds. The van der Waals surface area contributed by atoms with E-state index in [1.807, 2.05) is 30.3 Å². The molecule has 0 fully saturated rings. The van der Waals surface area contributed by atoms with Crippen LogP contribution in [0.3, 0.4) is 0 Å². The van der Waals surface area contributed by atoms with Gasteiger partial charge in [-0.25, -0.2) is 0 Å². The van der Waals surface area contributed by atoms with Crippen molar-refractivity contribution in [3.8, 4) is 0 Å². The van der Waals surface area contributed by atoms with Crippen LogP contribution in [0.25, 0.3) is 28.4 Å². The Labute approximate surface area is 489 Å². The van der Waals surface area contributed by atoms with Crippen molar-refractivity contribution >= 4 is 35.7 Å². The monoisotopic (exact) mass is 1190 g/mol. The average Bonchev–Trinajstić information content (AvgIpc) is 3.64. The quantitative estimate of drug-likeness (QED) is 0.0511. The number of fused-ring (bicyclic) bond motifs is 7. The van der Waals surface area contributed by atoms with Crippen molar-refractivity contribution < 1.29 is 80.8 Å². The molecule has 7 aromatic carbocycles. The summed E-state index contributed by atoms with van der Waals surface area (Å²) in [6.07, 6.45) is 7.90. The van der Waals surface area contributed by atoms with Gasteiger partial charge in [0.2, 0.25) is 0 Å². The van der Waals surface area contributed by atoms with Crippen LogP contribution >= 0.6 is 0 Å². The maximum Gasteiger partial charge on any atom is 2.00 e. The molecule has 3 nitrogen and oxygen atoms in total. The molecule has 14 heteroatoms. The smallest absolute Gasteiger partial charge is 0.402 e. The van der Waals surface area contributed by atoms with E-state index in [4.69, 9.17) is 15.1 Å². The number of benzene rings is 7. The third-order valence-corrected chi connectivity index (χ3v) is 14.0. The van der Waals surface area contributed by atoms with Crippen LogP contribution in [-0.2, 0) is 32.4 Å². The van der Waals surface area contributed by atoms with Gasteiger partial charge in [-0.2, -0.15) is 39.5 Å². The number of halogens is 9. The zero-order chi connectivity index (χ0) is 57.6. The second-order valence-electron chi connectivity index (χ2n) is 19.5. The topological polar surface area (TPSA) is 60.7 Å². The molecule has 0 aliphatic heterocycles. The van der Waals surface area contributed by atoms with Crippen LogP contribution in [0.2, 0.25) is 0 Å². The van der Waals surface area contributed by atoms with Gasteiger partial charge in [-0.15, -0.1) is 76.4 Å². The van der Waals surface area contributed by atoms with E-state index in [1.165, 1.54) is 39.5 Å². The summed E-state index contributed by atoms with van der Waals surface area (Å²) in [5, 5.41) is 21.5. The fourth-order valence-electron chi connectivity index (χ4n) is 10.7. The molecule has 0 saturated heterocycles. The maximum absolute atomic E-state index is 14.4. The van der Waals surface area contributed by atoms with Crippen molar-refractivity contribution in [2.75, 3.05) is 0 Å².